The van der Waals surface area contributed by atoms with Crippen LogP contribution in [0.2, 0.25) is 0 Å². The van der Waals surface area contributed by atoms with Gasteiger partial charge in [0.2, 0.25) is 11.8 Å². The summed E-state index contributed by atoms with van der Waals surface area (Å²) in [5, 5.41) is 5.98. The highest BCUT2D eigenvalue weighted by Gasteiger charge is 2.47. The summed E-state index contributed by atoms with van der Waals surface area (Å²) in [5.41, 5.74) is 3.56. The van der Waals surface area contributed by atoms with E-state index in [1.165, 1.54) is 11.3 Å². The van der Waals surface area contributed by atoms with Gasteiger partial charge in [-0.1, -0.05) is 49.6 Å². The molecule has 0 spiro atoms. The monoisotopic (exact) mass is 582 g/mol. The molecule has 2 amide bonds. The largest absolute Gasteiger partial charge is 0.497 e. The van der Waals surface area contributed by atoms with E-state index in [1.807, 2.05) is 108 Å². The van der Waals surface area contributed by atoms with Crippen LogP contribution in [0.25, 0.3) is 11.3 Å². The van der Waals surface area contributed by atoms with Crippen molar-refractivity contribution in [2.75, 3.05) is 31.4 Å². The zero-order valence-corrected chi connectivity index (χ0v) is 25.3. The van der Waals surface area contributed by atoms with Gasteiger partial charge in [0.25, 0.3) is 0 Å². The number of nitrogens with zero attached hydrogens (tertiary/aromatic N) is 3. The molecule has 1 heterocycles. The molecule has 1 aliphatic carbocycles. The van der Waals surface area contributed by atoms with Crippen molar-refractivity contribution in [2.24, 2.45) is 0 Å². The van der Waals surface area contributed by atoms with Crippen LogP contribution in [0.5, 0.6) is 5.75 Å². The highest BCUT2D eigenvalue weighted by molar-refractivity contribution is 7.09. The predicted octanol–water partition coefficient (Wildman–Crippen LogP) is 6.80. The Labute approximate surface area is 252 Å². The van der Waals surface area contributed by atoms with E-state index in [-0.39, 0.29) is 24.8 Å². The molecule has 0 saturated heterocycles. The van der Waals surface area contributed by atoms with Crippen LogP contribution >= 0.6 is 11.3 Å². The van der Waals surface area contributed by atoms with Gasteiger partial charge in [-0.05, 0) is 66.9 Å². The maximum absolute atomic E-state index is 14.2. The van der Waals surface area contributed by atoms with Crippen molar-refractivity contribution in [3.8, 4) is 17.0 Å². The third kappa shape index (κ3) is 6.65. The Morgan fingerprint density at radius 3 is 2.26 bits per heavy atom. The number of hydrogen-bond donors (Lipinski definition) is 1. The molecule has 8 heteroatoms. The van der Waals surface area contributed by atoms with E-state index < -0.39 is 5.54 Å². The van der Waals surface area contributed by atoms with E-state index in [1.54, 1.807) is 7.11 Å². The standard InChI is InChI=1S/C34H38N4O3S/c1-37(2)28-16-14-27(15-17-28)35-33(40)34(20-8-5-9-21-34)38(32(39)22-25-10-6-4-7-11-25)23-31-36-30(24-42-31)26-12-18-29(41-3)19-13-26/h4,6-7,10-19,24H,5,8-9,20-23H2,1-3H3,(H,35,40). The van der Waals surface area contributed by atoms with Gasteiger partial charge >= 0.3 is 0 Å². The minimum atomic E-state index is -0.962. The maximum Gasteiger partial charge on any atom is 0.250 e. The van der Waals surface area contributed by atoms with Gasteiger partial charge in [0, 0.05) is 36.4 Å². The third-order valence-electron chi connectivity index (χ3n) is 7.99. The Hall–Kier alpha value is -4.17. The van der Waals surface area contributed by atoms with E-state index in [4.69, 9.17) is 9.72 Å². The summed E-state index contributed by atoms with van der Waals surface area (Å²) in [6.07, 6.45) is 4.28. The topological polar surface area (TPSA) is 74.8 Å². The van der Waals surface area contributed by atoms with Gasteiger partial charge in [0.15, 0.2) is 0 Å². The first-order valence-electron chi connectivity index (χ1n) is 14.4. The number of carbonyl (C=O) groups is 2. The quantitative estimate of drug-likeness (QED) is 0.223. The second-order valence-electron chi connectivity index (χ2n) is 11.0. The van der Waals surface area contributed by atoms with Crippen LogP contribution in [0.3, 0.4) is 0 Å². The summed E-state index contributed by atoms with van der Waals surface area (Å²) in [4.78, 5) is 37.1. The van der Waals surface area contributed by atoms with E-state index in [2.05, 4.69) is 5.32 Å². The van der Waals surface area contributed by atoms with E-state index in [9.17, 15) is 9.59 Å². The molecule has 0 atom stereocenters. The molecule has 1 aliphatic rings. The van der Waals surface area contributed by atoms with Crippen LogP contribution in [-0.2, 0) is 22.6 Å². The first-order valence-corrected chi connectivity index (χ1v) is 15.3. The summed E-state index contributed by atoms with van der Waals surface area (Å²) in [7, 11) is 5.62. The number of ether oxygens (including phenoxy) is 1. The third-order valence-corrected chi connectivity index (χ3v) is 8.83. The fourth-order valence-electron chi connectivity index (χ4n) is 5.60. The molecule has 1 aromatic heterocycles. The van der Waals surface area contributed by atoms with Crippen LogP contribution in [0.1, 0.15) is 42.7 Å². The van der Waals surface area contributed by atoms with E-state index in [0.717, 1.165) is 58.2 Å². The van der Waals surface area contributed by atoms with Crippen LogP contribution in [0.4, 0.5) is 11.4 Å². The summed E-state index contributed by atoms with van der Waals surface area (Å²) >= 11 is 1.52. The molecular weight excluding hydrogens is 544 g/mol. The lowest BCUT2D eigenvalue weighted by Gasteiger charge is -2.45. The molecule has 4 aromatic rings. The molecule has 3 aromatic carbocycles. The van der Waals surface area contributed by atoms with Gasteiger partial charge < -0.3 is 19.9 Å². The second-order valence-corrected chi connectivity index (χ2v) is 11.9. The van der Waals surface area contributed by atoms with E-state index >= 15 is 0 Å². The van der Waals surface area contributed by atoms with E-state index in [0.29, 0.717) is 12.8 Å². The number of methoxy groups -OCH3 is 1. The SMILES string of the molecule is COc1ccc(-c2csc(CN(C(=O)Cc3ccccc3)C3(C(=O)Nc4ccc(N(C)C)cc4)CCCCC3)n2)cc1. The van der Waals surface area contributed by atoms with Crippen molar-refractivity contribution in [3.05, 3.63) is 94.8 Å². The maximum atomic E-state index is 14.2. The highest BCUT2D eigenvalue weighted by Crippen LogP contribution is 2.37. The Kier molecular flexibility index (Phi) is 9.22. The molecule has 0 bridgehead atoms. The zero-order chi connectivity index (χ0) is 29.5. The van der Waals surface area contributed by atoms with Crippen molar-refractivity contribution in [3.63, 3.8) is 0 Å². The smallest absolute Gasteiger partial charge is 0.250 e. The molecule has 0 radical (unpaired) electrons. The van der Waals surface area contributed by atoms with Crippen LogP contribution < -0.4 is 15.0 Å². The molecule has 1 saturated carbocycles. The average molecular weight is 583 g/mol. The molecule has 218 valence electrons. The Balaban J connectivity index is 1.46. The van der Waals surface area contributed by atoms with Crippen molar-refractivity contribution < 1.29 is 14.3 Å². The number of anilines is 2. The number of benzene rings is 3. The number of carbonyl (C=O) groups excluding carboxylic acids is 2. The van der Waals surface area contributed by atoms with Crippen molar-refractivity contribution in [1.29, 1.82) is 0 Å². The minimum absolute atomic E-state index is 0.0672. The molecule has 1 fully saturated rings. The van der Waals surface area contributed by atoms with Crippen LogP contribution in [0, 0.1) is 0 Å². The van der Waals surface area contributed by atoms with Crippen molar-refractivity contribution in [2.45, 2.75) is 50.6 Å². The summed E-state index contributed by atoms with van der Waals surface area (Å²) < 4.78 is 5.30. The Morgan fingerprint density at radius 1 is 0.929 bits per heavy atom. The Bertz CT molecular complexity index is 1480. The number of rotatable bonds is 10. The molecule has 0 unspecified atom stereocenters. The normalized spacial score (nSPS) is 14.2. The molecular formula is C34H38N4O3S. The summed E-state index contributed by atoms with van der Waals surface area (Å²) in [5.74, 6) is 0.587. The van der Waals surface area contributed by atoms with Gasteiger partial charge in [0.05, 0.1) is 25.8 Å². The number of nitrogens with one attached hydrogen (secondary N) is 1. The van der Waals surface area contributed by atoms with Crippen molar-refractivity contribution >= 4 is 34.5 Å². The lowest BCUT2D eigenvalue weighted by atomic mass is 9.79. The molecule has 7 nitrogen and oxygen atoms in total. The molecule has 1 N–H and O–H groups in total. The van der Waals surface area contributed by atoms with Gasteiger partial charge in [0.1, 0.15) is 16.3 Å². The average Bonchev–Trinajstić information content (AvgIpc) is 3.50. The number of amides is 2. The second kappa shape index (κ2) is 13.2. The fourth-order valence-corrected chi connectivity index (χ4v) is 6.39. The van der Waals surface area contributed by atoms with Crippen LogP contribution in [-0.4, -0.2) is 48.4 Å². The number of thiazole rings is 1. The lowest BCUT2D eigenvalue weighted by molar-refractivity contribution is -0.148. The lowest BCUT2D eigenvalue weighted by Crippen LogP contribution is -2.60. The molecule has 0 aliphatic heterocycles. The Morgan fingerprint density at radius 2 is 1.62 bits per heavy atom. The van der Waals surface area contributed by atoms with Gasteiger partial charge in [-0.25, -0.2) is 4.98 Å². The van der Waals surface area contributed by atoms with Gasteiger partial charge in [-0.2, -0.15) is 0 Å². The summed E-state index contributed by atoms with van der Waals surface area (Å²) in [6.45, 7) is 0.277. The highest BCUT2D eigenvalue weighted by atomic mass is 32.1. The predicted molar refractivity (Wildman–Crippen MR) is 170 cm³/mol. The summed E-state index contributed by atoms with van der Waals surface area (Å²) in [6, 6.07) is 25.3. The fraction of sp³-hybridized carbons (Fsp3) is 0.324. The van der Waals surface area contributed by atoms with Gasteiger partial charge in [-0.3, -0.25) is 9.59 Å². The molecule has 5 rings (SSSR count). The van der Waals surface area contributed by atoms with Crippen LogP contribution in [0.15, 0.2) is 84.2 Å². The number of hydrogen-bond acceptors (Lipinski definition) is 6. The number of aromatic nitrogens is 1. The zero-order valence-electron chi connectivity index (χ0n) is 24.5. The molecule has 42 heavy (non-hydrogen) atoms. The minimum Gasteiger partial charge on any atom is -0.497 e. The van der Waals surface area contributed by atoms with Gasteiger partial charge in [-0.15, -0.1) is 11.3 Å². The first-order chi connectivity index (χ1) is 20.4. The van der Waals surface area contributed by atoms with Crippen molar-refractivity contribution in [1.82, 2.24) is 9.88 Å². The first kappa shape index (κ1) is 29.3.